The molecule has 1 fully saturated rings. The van der Waals surface area contributed by atoms with Gasteiger partial charge in [-0.3, -0.25) is 10.1 Å². The lowest BCUT2D eigenvalue weighted by atomic mass is 9.94. The van der Waals surface area contributed by atoms with Gasteiger partial charge in [-0.1, -0.05) is 0 Å². The Morgan fingerprint density at radius 1 is 1.50 bits per heavy atom. The third-order valence-corrected chi connectivity index (χ3v) is 4.39. The predicted molar refractivity (Wildman–Crippen MR) is 84.1 cm³/mol. The summed E-state index contributed by atoms with van der Waals surface area (Å²) in [4.78, 5) is 12.3. The number of nitro benzene ring substituents is 1. The van der Waals surface area contributed by atoms with Crippen LogP contribution in [0.15, 0.2) is 18.2 Å². The van der Waals surface area contributed by atoms with Crippen LogP contribution < -0.4 is 4.90 Å². The van der Waals surface area contributed by atoms with Crippen LogP contribution in [0.1, 0.15) is 12.8 Å². The minimum Gasteiger partial charge on any atom is -0.388 e. The zero-order chi connectivity index (χ0) is 14.8. The maximum atomic E-state index is 10.8. The van der Waals surface area contributed by atoms with E-state index in [4.69, 9.17) is 4.74 Å². The summed E-state index contributed by atoms with van der Waals surface area (Å²) in [6, 6.07) is 4.98. The summed E-state index contributed by atoms with van der Waals surface area (Å²) in [7, 11) is 1.88. The molecule has 1 N–H and O–H groups in total. The highest BCUT2D eigenvalue weighted by atomic mass is 127. The quantitative estimate of drug-likeness (QED) is 0.483. The van der Waals surface area contributed by atoms with E-state index in [1.165, 1.54) is 6.07 Å². The summed E-state index contributed by atoms with van der Waals surface area (Å²) >= 11 is 1.96. The van der Waals surface area contributed by atoms with Crippen molar-refractivity contribution in [3.05, 3.63) is 31.9 Å². The van der Waals surface area contributed by atoms with Crippen LogP contribution in [0.2, 0.25) is 0 Å². The van der Waals surface area contributed by atoms with Gasteiger partial charge in [-0.25, -0.2) is 0 Å². The number of rotatable bonds is 4. The second-order valence-electron chi connectivity index (χ2n) is 5.09. The first-order valence-corrected chi connectivity index (χ1v) is 7.44. The summed E-state index contributed by atoms with van der Waals surface area (Å²) in [6.07, 6.45) is 1.23. The van der Waals surface area contributed by atoms with Crippen LogP contribution in [-0.2, 0) is 4.74 Å². The van der Waals surface area contributed by atoms with E-state index in [1.807, 2.05) is 34.5 Å². The lowest BCUT2D eigenvalue weighted by Gasteiger charge is -2.36. The zero-order valence-electron chi connectivity index (χ0n) is 11.2. The van der Waals surface area contributed by atoms with Crippen LogP contribution >= 0.6 is 22.6 Å². The summed E-state index contributed by atoms with van der Waals surface area (Å²) in [5.41, 5.74) is 0.215. The molecule has 2 rings (SSSR count). The first-order chi connectivity index (χ1) is 9.41. The van der Waals surface area contributed by atoms with E-state index < -0.39 is 10.5 Å². The van der Waals surface area contributed by atoms with Gasteiger partial charge in [0.25, 0.3) is 5.69 Å². The monoisotopic (exact) mass is 392 g/mol. The Hall–Kier alpha value is -0.930. The molecule has 20 heavy (non-hydrogen) atoms. The molecule has 0 radical (unpaired) electrons. The molecule has 0 aliphatic carbocycles. The lowest BCUT2D eigenvalue weighted by molar-refractivity contribution is -0.385. The standard InChI is InChI=1S/C13H17IN2O4/c1-15(9-13(17)4-6-20-7-5-13)10-2-3-12(16(18)19)11(14)8-10/h2-3,8,17H,4-7,9H2,1H3. The number of nitro groups is 1. The molecule has 0 atom stereocenters. The molecule has 1 aromatic carbocycles. The van der Waals surface area contributed by atoms with Gasteiger partial charge in [0.1, 0.15) is 0 Å². The molecule has 0 spiro atoms. The Balaban J connectivity index is 2.11. The Kier molecular flexibility index (Phi) is 4.82. The Bertz CT molecular complexity index is 503. The van der Waals surface area contributed by atoms with Crippen molar-refractivity contribution in [3.63, 3.8) is 0 Å². The van der Waals surface area contributed by atoms with Crippen LogP contribution in [0.5, 0.6) is 0 Å². The van der Waals surface area contributed by atoms with Crippen molar-refractivity contribution >= 4 is 34.0 Å². The molecule has 0 aromatic heterocycles. The second-order valence-corrected chi connectivity index (χ2v) is 6.25. The molecule has 0 amide bonds. The number of anilines is 1. The molecule has 0 saturated carbocycles. The van der Waals surface area contributed by atoms with Crippen LogP contribution in [0.25, 0.3) is 0 Å². The average Bonchev–Trinajstić information content (AvgIpc) is 2.38. The number of ether oxygens (including phenoxy) is 1. The molecule has 0 bridgehead atoms. The molecule has 7 heteroatoms. The number of hydrogen-bond donors (Lipinski definition) is 1. The summed E-state index contributed by atoms with van der Waals surface area (Å²) in [5, 5.41) is 21.3. The third-order valence-electron chi connectivity index (χ3n) is 3.52. The van der Waals surface area contributed by atoms with E-state index in [2.05, 4.69) is 0 Å². The van der Waals surface area contributed by atoms with Crippen LogP contribution in [0.4, 0.5) is 11.4 Å². The van der Waals surface area contributed by atoms with E-state index in [9.17, 15) is 15.2 Å². The van der Waals surface area contributed by atoms with Crippen LogP contribution in [-0.4, -0.2) is 42.4 Å². The van der Waals surface area contributed by atoms with Crippen molar-refractivity contribution < 1.29 is 14.8 Å². The maximum absolute atomic E-state index is 10.8. The first-order valence-electron chi connectivity index (χ1n) is 6.36. The largest absolute Gasteiger partial charge is 0.388 e. The van der Waals surface area contributed by atoms with Crippen molar-refractivity contribution in [1.82, 2.24) is 0 Å². The minimum atomic E-state index is -0.750. The first kappa shape index (κ1) is 15.5. The molecule has 0 unspecified atom stereocenters. The molecule has 1 saturated heterocycles. The molecule has 1 heterocycles. The number of nitrogens with zero attached hydrogens (tertiary/aromatic N) is 2. The van der Waals surface area contributed by atoms with Crippen LogP contribution in [0.3, 0.4) is 0 Å². The highest BCUT2D eigenvalue weighted by Crippen LogP contribution is 2.28. The molecule has 110 valence electrons. The van der Waals surface area contributed by atoms with E-state index in [0.717, 1.165) is 5.69 Å². The Morgan fingerprint density at radius 2 is 2.15 bits per heavy atom. The predicted octanol–water partition coefficient (Wildman–Crippen LogP) is 2.18. The van der Waals surface area contributed by atoms with Crippen molar-refractivity contribution in [1.29, 1.82) is 0 Å². The average molecular weight is 392 g/mol. The van der Waals surface area contributed by atoms with Gasteiger partial charge in [0.05, 0.1) is 14.1 Å². The number of hydrogen-bond acceptors (Lipinski definition) is 5. The lowest BCUT2D eigenvalue weighted by Crippen LogP contribution is -2.45. The van der Waals surface area contributed by atoms with Crippen LogP contribution in [0, 0.1) is 13.7 Å². The molecular formula is C13H17IN2O4. The zero-order valence-corrected chi connectivity index (χ0v) is 13.4. The minimum absolute atomic E-state index is 0.104. The normalized spacial score (nSPS) is 17.8. The summed E-state index contributed by atoms with van der Waals surface area (Å²) in [5.74, 6) is 0. The SMILES string of the molecule is CN(CC1(O)CCOCC1)c1ccc([N+](=O)[O-])c(I)c1. The van der Waals surface area contributed by atoms with Gasteiger partial charge in [-0.15, -0.1) is 0 Å². The molecule has 1 aliphatic heterocycles. The number of likely N-dealkylation sites (N-methyl/N-ethyl adjacent to an activating group) is 1. The fourth-order valence-corrected chi connectivity index (χ4v) is 3.02. The fraction of sp³-hybridized carbons (Fsp3) is 0.538. The van der Waals surface area contributed by atoms with Crippen molar-refractivity contribution in [2.75, 3.05) is 31.7 Å². The third kappa shape index (κ3) is 3.58. The van der Waals surface area contributed by atoms with Gasteiger partial charge in [0.15, 0.2) is 0 Å². The smallest absolute Gasteiger partial charge is 0.282 e. The van der Waals surface area contributed by atoms with Crippen molar-refractivity contribution in [2.24, 2.45) is 0 Å². The fourth-order valence-electron chi connectivity index (χ4n) is 2.32. The van der Waals surface area contributed by atoms with Crippen molar-refractivity contribution in [3.8, 4) is 0 Å². The second kappa shape index (κ2) is 6.23. The van der Waals surface area contributed by atoms with Gasteiger partial charge in [-0.2, -0.15) is 0 Å². The summed E-state index contributed by atoms with van der Waals surface area (Å²) in [6.45, 7) is 1.63. The van der Waals surface area contributed by atoms with Gasteiger partial charge in [0, 0.05) is 51.4 Å². The molecule has 1 aliphatic rings. The maximum Gasteiger partial charge on any atom is 0.282 e. The number of aliphatic hydroxyl groups is 1. The van der Waals surface area contributed by atoms with E-state index in [-0.39, 0.29) is 5.69 Å². The van der Waals surface area contributed by atoms with Gasteiger partial charge in [0.2, 0.25) is 0 Å². The van der Waals surface area contributed by atoms with Gasteiger partial charge in [-0.05, 0) is 34.7 Å². The van der Waals surface area contributed by atoms with Gasteiger partial charge < -0.3 is 14.7 Å². The Morgan fingerprint density at radius 3 is 2.70 bits per heavy atom. The highest BCUT2D eigenvalue weighted by molar-refractivity contribution is 14.1. The topological polar surface area (TPSA) is 75.8 Å². The van der Waals surface area contributed by atoms with E-state index in [1.54, 1.807) is 12.1 Å². The van der Waals surface area contributed by atoms with E-state index in [0.29, 0.717) is 36.2 Å². The van der Waals surface area contributed by atoms with Gasteiger partial charge >= 0.3 is 0 Å². The Labute approximate surface area is 131 Å². The molecule has 1 aromatic rings. The number of halogens is 1. The molecular weight excluding hydrogens is 375 g/mol. The molecule has 6 nitrogen and oxygen atoms in total. The summed E-state index contributed by atoms with van der Waals surface area (Å²) < 4.78 is 5.85. The highest BCUT2D eigenvalue weighted by Gasteiger charge is 2.31. The number of benzene rings is 1. The van der Waals surface area contributed by atoms with E-state index >= 15 is 0 Å². The van der Waals surface area contributed by atoms with Crippen molar-refractivity contribution in [2.45, 2.75) is 18.4 Å².